The highest BCUT2D eigenvalue weighted by molar-refractivity contribution is 5.94. The van der Waals surface area contributed by atoms with Gasteiger partial charge < -0.3 is 19.8 Å². The number of hydrogen-bond acceptors (Lipinski definition) is 5. The van der Waals surface area contributed by atoms with Crippen LogP contribution in [0.5, 0.6) is 0 Å². The molecule has 204 valence electrons. The summed E-state index contributed by atoms with van der Waals surface area (Å²) in [4.78, 5) is 35.3. The Morgan fingerprint density at radius 3 is 2.03 bits per heavy atom. The second-order valence-electron chi connectivity index (χ2n) is 11.4. The first-order valence-corrected chi connectivity index (χ1v) is 14.4. The van der Waals surface area contributed by atoms with E-state index >= 15 is 0 Å². The van der Waals surface area contributed by atoms with Crippen LogP contribution in [0.1, 0.15) is 73.5 Å². The van der Waals surface area contributed by atoms with Crippen molar-refractivity contribution >= 4 is 5.91 Å². The van der Waals surface area contributed by atoms with Crippen molar-refractivity contribution in [1.29, 1.82) is 0 Å². The van der Waals surface area contributed by atoms with Gasteiger partial charge in [0.15, 0.2) is 0 Å². The van der Waals surface area contributed by atoms with Crippen LogP contribution in [-0.4, -0.2) is 73.3 Å². The molecule has 0 unspecified atom stereocenters. The molecular weight excluding hydrogens is 474 g/mol. The number of nitrogens with one attached hydrogen (secondary N) is 2. The maximum absolute atomic E-state index is 13.4. The van der Waals surface area contributed by atoms with Crippen molar-refractivity contribution in [2.45, 2.75) is 65.6 Å². The summed E-state index contributed by atoms with van der Waals surface area (Å²) in [5.41, 5.74) is 2.46. The van der Waals surface area contributed by atoms with Gasteiger partial charge in [-0.1, -0.05) is 38.8 Å². The molecule has 2 aliphatic rings. The van der Waals surface area contributed by atoms with Crippen molar-refractivity contribution in [1.82, 2.24) is 34.6 Å². The van der Waals surface area contributed by atoms with Gasteiger partial charge in [0, 0.05) is 50.0 Å². The lowest BCUT2D eigenvalue weighted by Gasteiger charge is -2.40. The Hall–Kier alpha value is -2.97. The molecule has 2 saturated heterocycles. The van der Waals surface area contributed by atoms with Crippen molar-refractivity contribution in [3.05, 3.63) is 71.8 Å². The quantitative estimate of drug-likeness (QED) is 0.385. The number of rotatable bonds is 11. The summed E-state index contributed by atoms with van der Waals surface area (Å²) < 4.78 is 0. The largest absolute Gasteiger partial charge is 0.347 e. The molecule has 3 aromatic rings. The highest BCUT2D eigenvalue weighted by Gasteiger charge is 2.40. The summed E-state index contributed by atoms with van der Waals surface area (Å²) >= 11 is 0. The Balaban J connectivity index is 1.15. The second kappa shape index (κ2) is 12.3. The van der Waals surface area contributed by atoms with Gasteiger partial charge in [-0.05, 0) is 67.9 Å². The maximum atomic E-state index is 13.4. The third kappa shape index (κ3) is 6.53. The van der Waals surface area contributed by atoms with E-state index < -0.39 is 0 Å². The Labute approximate surface area is 226 Å². The van der Waals surface area contributed by atoms with Crippen LogP contribution in [0.2, 0.25) is 0 Å². The lowest BCUT2D eigenvalue weighted by Crippen LogP contribution is -2.43. The molecule has 0 aliphatic carbocycles. The fourth-order valence-corrected chi connectivity index (χ4v) is 6.22. The molecule has 5 rings (SSSR count). The van der Waals surface area contributed by atoms with Gasteiger partial charge in [0.2, 0.25) is 0 Å². The Bertz CT molecular complexity index is 1080. The molecule has 2 aromatic heterocycles. The third-order valence-electron chi connectivity index (χ3n) is 8.79. The highest BCUT2D eigenvalue weighted by atomic mass is 16.2. The molecule has 1 aromatic carbocycles. The van der Waals surface area contributed by atoms with E-state index in [0.29, 0.717) is 24.1 Å². The highest BCUT2D eigenvalue weighted by Crippen LogP contribution is 2.41. The number of benzene rings is 1. The first-order valence-electron chi connectivity index (χ1n) is 14.4. The number of aromatic nitrogens is 4. The summed E-state index contributed by atoms with van der Waals surface area (Å²) in [5.74, 6) is 2.34. The number of piperidine rings is 1. The van der Waals surface area contributed by atoms with Crippen molar-refractivity contribution in [3.63, 3.8) is 0 Å². The van der Waals surface area contributed by atoms with Crippen LogP contribution in [0.15, 0.2) is 49.1 Å². The minimum atomic E-state index is -0.0235. The predicted octanol–water partition coefficient (Wildman–Crippen LogP) is 4.70. The third-order valence-corrected chi connectivity index (χ3v) is 8.79. The first-order chi connectivity index (χ1) is 18.6. The topological polar surface area (TPSA) is 84.2 Å². The van der Waals surface area contributed by atoms with Gasteiger partial charge in [-0.15, -0.1) is 0 Å². The van der Waals surface area contributed by atoms with Gasteiger partial charge >= 0.3 is 0 Å². The SMILES string of the molecule is CCC(CC)CN1CCC2(CC1)CCN(Cc1ccc(C(=O)N(Cc3ncc[nH]3)Cc3ncc[nH]3)cc1)C2. The minimum Gasteiger partial charge on any atom is -0.347 e. The summed E-state index contributed by atoms with van der Waals surface area (Å²) in [6.07, 6.45) is 13.5. The standard InChI is InChI=1S/C30H43N7O/c1-3-24(4-2)19-35-16-9-30(10-17-35)11-18-36(23-30)20-25-5-7-26(8-6-25)29(38)37(21-27-31-12-13-32-27)22-28-33-14-15-34-28/h5-8,12-15,24H,3-4,9-11,16-23H2,1-2H3,(H,31,32)(H,33,34). The molecule has 0 atom stereocenters. The predicted molar refractivity (Wildman–Crippen MR) is 149 cm³/mol. The molecule has 8 nitrogen and oxygen atoms in total. The van der Waals surface area contributed by atoms with Gasteiger partial charge in [-0.3, -0.25) is 9.69 Å². The van der Waals surface area contributed by atoms with E-state index in [0.717, 1.165) is 24.1 Å². The van der Waals surface area contributed by atoms with Crippen LogP contribution in [0, 0.1) is 11.3 Å². The van der Waals surface area contributed by atoms with Crippen LogP contribution in [0.4, 0.5) is 0 Å². The number of nitrogens with zero attached hydrogens (tertiary/aromatic N) is 5. The molecule has 8 heteroatoms. The molecule has 2 N–H and O–H groups in total. The first kappa shape index (κ1) is 26.6. The zero-order valence-electron chi connectivity index (χ0n) is 23.0. The Kier molecular flexibility index (Phi) is 8.59. The van der Waals surface area contributed by atoms with E-state index in [9.17, 15) is 4.79 Å². The minimum absolute atomic E-state index is 0.0235. The van der Waals surface area contributed by atoms with Crippen LogP contribution in [0.25, 0.3) is 0 Å². The van der Waals surface area contributed by atoms with Crippen molar-refractivity contribution in [2.75, 3.05) is 32.7 Å². The summed E-state index contributed by atoms with van der Waals surface area (Å²) in [5, 5.41) is 0. The van der Waals surface area contributed by atoms with Gasteiger partial charge in [0.1, 0.15) is 11.6 Å². The van der Waals surface area contributed by atoms with Crippen LogP contribution in [-0.2, 0) is 19.6 Å². The van der Waals surface area contributed by atoms with Gasteiger partial charge in [-0.25, -0.2) is 9.97 Å². The lowest BCUT2D eigenvalue weighted by molar-refractivity contribution is 0.0721. The number of carbonyl (C=O) groups is 1. The number of likely N-dealkylation sites (tertiary alicyclic amines) is 2. The fraction of sp³-hybridized carbons (Fsp3) is 0.567. The number of aromatic amines is 2. The smallest absolute Gasteiger partial charge is 0.254 e. The fourth-order valence-electron chi connectivity index (χ4n) is 6.22. The molecule has 38 heavy (non-hydrogen) atoms. The van der Waals surface area contributed by atoms with Gasteiger partial charge in [0.05, 0.1) is 13.1 Å². The molecule has 0 saturated carbocycles. The summed E-state index contributed by atoms with van der Waals surface area (Å²) in [6.45, 7) is 12.6. The van der Waals surface area contributed by atoms with Gasteiger partial charge in [0.25, 0.3) is 5.91 Å². The maximum Gasteiger partial charge on any atom is 0.254 e. The molecule has 1 spiro atoms. The van der Waals surface area contributed by atoms with E-state index in [-0.39, 0.29) is 5.91 Å². The molecule has 2 aliphatic heterocycles. The average molecular weight is 518 g/mol. The lowest BCUT2D eigenvalue weighted by atomic mass is 9.77. The van der Waals surface area contributed by atoms with E-state index in [1.54, 1.807) is 29.7 Å². The second-order valence-corrected chi connectivity index (χ2v) is 11.4. The molecule has 0 radical (unpaired) electrons. The van der Waals surface area contributed by atoms with Crippen molar-refractivity contribution in [3.8, 4) is 0 Å². The van der Waals surface area contributed by atoms with E-state index in [1.165, 1.54) is 70.4 Å². The summed E-state index contributed by atoms with van der Waals surface area (Å²) in [7, 11) is 0. The van der Waals surface area contributed by atoms with E-state index in [4.69, 9.17) is 0 Å². The molecule has 4 heterocycles. The Morgan fingerprint density at radius 1 is 0.921 bits per heavy atom. The van der Waals surface area contributed by atoms with Crippen LogP contribution in [0.3, 0.4) is 0 Å². The van der Waals surface area contributed by atoms with Crippen LogP contribution < -0.4 is 0 Å². The number of amides is 1. The normalized spacial score (nSPS) is 18.0. The molecule has 2 fully saturated rings. The molecule has 0 bridgehead atoms. The Morgan fingerprint density at radius 2 is 1.50 bits per heavy atom. The zero-order valence-corrected chi connectivity index (χ0v) is 23.0. The van der Waals surface area contributed by atoms with E-state index in [1.807, 2.05) is 12.1 Å². The number of hydrogen-bond donors (Lipinski definition) is 2. The van der Waals surface area contributed by atoms with Crippen LogP contribution >= 0.6 is 0 Å². The van der Waals surface area contributed by atoms with Crippen molar-refractivity contribution < 1.29 is 4.79 Å². The van der Waals surface area contributed by atoms with E-state index in [2.05, 4.69) is 55.7 Å². The number of H-pyrrole nitrogens is 2. The zero-order chi connectivity index (χ0) is 26.4. The molecule has 1 amide bonds. The summed E-state index contributed by atoms with van der Waals surface area (Å²) in [6, 6.07) is 8.18. The average Bonchev–Trinajstić information content (AvgIpc) is 3.72. The molecular formula is C30H43N7O. The monoisotopic (exact) mass is 517 g/mol. The number of carbonyl (C=O) groups excluding carboxylic acids is 1. The number of imidazole rings is 2. The van der Waals surface area contributed by atoms with Crippen molar-refractivity contribution in [2.24, 2.45) is 11.3 Å². The van der Waals surface area contributed by atoms with Gasteiger partial charge in [-0.2, -0.15) is 0 Å².